The molecule has 236 valence electrons. The van der Waals surface area contributed by atoms with Gasteiger partial charge in [-0.25, -0.2) is 0 Å². The molecule has 0 fully saturated rings. The summed E-state index contributed by atoms with van der Waals surface area (Å²) in [5, 5.41) is 0. The smallest absolute Gasteiger partial charge is 0.336 e. The molecule has 0 aliphatic rings. The number of carbonyl (C=O) groups is 2. The molecule has 0 aromatic heterocycles. The van der Waals surface area contributed by atoms with Crippen molar-refractivity contribution in [2.24, 2.45) is 0 Å². The Labute approximate surface area is 249 Å². The van der Waals surface area contributed by atoms with Gasteiger partial charge in [0.2, 0.25) is 0 Å². The minimum Gasteiger partial charge on any atom is -0.466 e. The van der Waals surface area contributed by atoms with Gasteiger partial charge in [-0.05, 0) is 32.6 Å². The Hall–Kier alpha value is -0.860. The van der Waals surface area contributed by atoms with Crippen molar-refractivity contribution in [2.45, 2.75) is 155 Å². The number of esters is 2. The molecule has 2 unspecified atom stereocenters. The average molecular weight is 607 g/mol. The molecule has 0 N–H and O–H groups in total. The molecule has 0 saturated carbocycles. The van der Waals surface area contributed by atoms with E-state index in [0.29, 0.717) is 32.2 Å². The number of hydrogen-bond acceptors (Lipinski definition) is 6. The van der Waals surface area contributed by atoms with Crippen LogP contribution in [0.5, 0.6) is 0 Å². The highest BCUT2D eigenvalue weighted by atomic mass is 31.1. The minimum atomic E-state index is -1.22. The molecular weight excluding hydrogens is 542 g/mol. The van der Waals surface area contributed by atoms with E-state index >= 15 is 0 Å². The lowest BCUT2D eigenvalue weighted by Crippen LogP contribution is -2.06. The van der Waals surface area contributed by atoms with E-state index in [9.17, 15) is 18.7 Å². The van der Waals surface area contributed by atoms with Gasteiger partial charge < -0.3 is 9.47 Å². The third-order valence-electron chi connectivity index (χ3n) is 6.80. The van der Waals surface area contributed by atoms with Gasteiger partial charge in [-0.15, -0.1) is 0 Å². The summed E-state index contributed by atoms with van der Waals surface area (Å²) in [6, 6.07) is 0. The second kappa shape index (κ2) is 34.3. The second-order valence-electron chi connectivity index (χ2n) is 10.9. The molecule has 0 radical (unpaired) electrons. The lowest BCUT2D eigenvalue weighted by Gasteiger charge is -2.04. The molecule has 0 saturated heterocycles. The summed E-state index contributed by atoms with van der Waals surface area (Å²) in [5.74, 6) is -0.264. The quantitative estimate of drug-likeness (QED) is 0.0500. The van der Waals surface area contributed by atoms with Gasteiger partial charge in [0.15, 0.2) is 6.16 Å². The predicted octanol–water partition coefficient (Wildman–Crippen LogP) is 10.6. The highest BCUT2D eigenvalue weighted by molar-refractivity contribution is 7.43. The van der Waals surface area contributed by atoms with Crippen molar-refractivity contribution in [1.82, 2.24) is 0 Å². The van der Waals surface area contributed by atoms with Crippen molar-refractivity contribution >= 4 is 27.5 Å². The summed E-state index contributed by atoms with van der Waals surface area (Å²) in [5.41, 5.74) is 0. The third-order valence-corrected chi connectivity index (χ3v) is 8.60. The molecule has 0 rings (SSSR count). The van der Waals surface area contributed by atoms with Crippen molar-refractivity contribution in [3.05, 3.63) is 0 Å². The number of rotatable bonds is 28. The Morgan fingerprint density at radius 1 is 0.475 bits per heavy atom. The molecule has 0 aliphatic carbocycles. The summed E-state index contributed by atoms with van der Waals surface area (Å²) in [4.78, 5) is 22.4. The van der Waals surface area contributed by atoms with Gasteiger partial charge in [-0.3, -0.25) is 9.59 Å². The molecule has 40 heavy (non-hydrogen) atoms. The van der Waals surface area contributed by atoms with Crippen molar-refractivity contribution < 1.29 is 28.2 Å². The van der Waals surface area contributed by atoms with Crippen LogP contribution in [-0.4, -0.2) is 50.8 Å². The molecule has 0 spiro atoms. The first kappa shape index (κ1) is 41.3. The number of ether oxygens (including phenoxy) is 2. The Balaban J connectivity index is 0. The Kier molecular flexibility index (Phi) is 35.4. The molecule has 6 nitrogen and oxygen atoms in total. The van der Waals surface area contributed by atoms with Crippen LogP contribution in [0.1, 0.15) is 155 Å². The first-order valence-electron chi connectivity index (χ1n) is 16.4. The van der Waals surface area contributed by atoms with E-state index in [1.54, 1.807) is 13.3 Å². The first-order chi connectivity index (χ1) is 19.3. The van der Waals surface area contributed by atoms with Crippen LogP contribution in [0.25, 0.3) is 0 Å². The fraction of sp³-hybridized carbons (Fsp3) is 0.938. The number of unbranched alkanes of at least 4 members (excludes halogenated alkanes) is 18. The fourth-order valence-corrected chi connectivity index (χ4v) is 5.51. The standard InChI is InChI=1S/C18H36O3P.C14H28O3P/c1-3-4-5-6-7-8-9-10-11-12-13-14-16-21-18(19)15-17-22(2)20;1-3-17-14(15)12-10-8-6-4-5-7-9-11-13-18(2)16/h3-17H2,1-2H3;3-13H2,1-2H3/q2*+1. The number of hydrogen-bond donors (Lipinski definition) is 0. The molecule has 2 atom stereocenters. The summed E-state index contributed by atoms with van der Waals surface area (Å²) < 4.78 is 31.7. The molecule has 0 amide bonds. The van der Waals surface area contributed by atoms with Crippen LogP contribution < -0.4 is 0 Å². The maximum Gasteiger partial charge on any atom is 0.336 e. The molecule has 0 bridgehead atoms. The van der Waals surface area contributed by atoms with E-state index in [0.717, 1.165) is 38.3 Å². The van der Waals surface area contributed by atoms with E-state index in [2.05, 4.69) is 6.92 Å². The zero-order chi connectivity index (χ0) is 30.1. The van der Waals surface area contributed by atoms with Gasteiger partial charge in [0, 0.05) is 6.42 Å². The summed E-state index contributed by atoms with van der Waals surface area (Å²) >= 11 is 0. The van der Waals surface area contributed by atoms with Crippen LogP contribution >= 0.6 is 15.6 Å². The normalized spacial score (nSPS) is 11.4. The van der Waals surface area contributed by atoms with E-state index in [4.69, 9.17) is 9.47 Å². The topological polar surface area (TPSA) is 86.7 Å². The van der Waals surface area contributed by atoms with Gasteiger partial charge in [0.1, 0.15) is 19.5 Å². The van der Waals surface area contributed by atoms with Gasteiger partial charge in [0.05, 0.1) is 19.6 Å². The second-order valence-corrected chi connectivity index (χ2v) is 14.4. The fourth-order valence-electron chi connectivity index (χ4n) is 4.35. The Bertz CT molecular complexity index is 612. The van der Waals surface area contributed by atoms with Crippen molar-refractivity contribution in [3.63, 3.8) is 0 Å². The lowest BCUT2D eigenvalue weighted by molar-refractivity contribution is -0.144. The lowest BCUT2D eigenvalue weighted by atomic mass is 10.1. The van der Waals surface area contributed by atoms with E-state index in [1.807, 2.05) is 6.92 Å². The van der Waals surface area contributed by atoms with Crippen LogP contribution in [0.4, 0.5) is 0 Å². The van der Waals surface area contributed by atoms with E-state index in [1.165, 1.54) is 96.3 Å². The van der Waals surface area contributed by atoms with Crippen molar-refractivity contribution in [2.75, 3.05) is 38.9 Å². The van der Waals surface area contributed by atoms with Crippen molar-refractivity contribution in [1.29, 1.82) is 0 Å². The van der Waals surface area contributed by atoms with Crippen LogP contribution in [0, 0.1) is 0 Å². The van der Waals surface area contributed by atoms with Gasteiger partial charge in [-0.2, -0.15) is 0 Å². The van der Waals surface area contributed by atoms with E-state index in [-0.39, 0.29) is 11.9 Å². The molecule has 0 heterocycles. The highest BCUT2D eigenvalue weighted by Gasteiger charge is 2.11. The van der Waals surface area contributed by atoms with Crippen molar-refractivity contribution in [3.8, 4) is 0 Å². The van der Waals surface area contributed by atoms with Gasteiger partial charge >= 0.3 is 27.5 Å². The third kappa shape index (κ3) is 39.3. The molecule has 0 aromatic carbocycles. The predicted molar refractivity (Wildman–Crippen MR) is 172 cm³/mol. The maximum absolute atomic E-state index is 11.3. The first-order valence-corrected chi connectivity index (χ1v) is 20.2. The Morgan fingerprint density at radius 3 is 1.32 bits per heavy atom. The van der Waals surface area contributed by atoms with Gasteiger partial charge in [0.25, 0.3) is 0 Å². The Morgan fingerprint density at radius 2 is 0.875 bits per heavy atom. The molecule has 8 heteroatoms. The monoisotopic (exact) mass is 606 g/mol. The minimum absolute atomic E-state index is 0.0637. The summed E-state index contributed by atoms with van der Waals surface area (Å²) in [6.07, 6.45) is 27.3. The molecular formula is C32H64O6P2+2. The average Bonchev–Trinajstić information content (AvgIpc) is 2.91. The van der Waals surface area contributed by atoms with Gasteiger partial charge in [-0.1, -0.05) is 119 Å². The number of carbonyl (C=O) groups excluding carboxylic acids is 2. The van der Waals surface area contributed by atoms with E-state index < -0.39 is 15.6 Å². The van der Waals surface area contributed by atoms with Crippen LogP contribution in [0.3, 0.4) is 0 Å². The molecule has 0 aromatic rings. The molecule has 0 aliphatic heterocycles. The zero-order valence-electron chi connectivity index (χ0n) is 26.7. The summed E-state index contributed by atoms with van der Waals surface area (Å²) in [7, 11) is -2.16. The van der Waals surface area contributed by atoms with Crippen LogP contribution in [-0.2, 0) is 28.2 Å². The SMILES string of the molecule is CCCCCCCCCCCCCCOC(=O)CC[P+](C)=O.CCOC(=O)CCCCCCCCCC[P+](C)=O. The highest BCUT2D eigenvalue weighted by Crippen LogP contribution is 2.18. The maximum atomic E-state index is 11.3. The zero-order valence-corrected chi connectivity index (χ0v) is 28.5. The van der Waals surface area contributed by atoms with Crippen LogP contribution in [0.15, 0.2) is 0 Å². The largest absolute Gasteiger partial charge is 0.466 e. The van der Waals surface area contributed by atoms with Crippen LogP contribution in [0.2, 0.25) is 0 Å². The summed E-state index contributed by atoms with van der Waals surface area (Å²) in [6.45, 7) is 8.56.